The SMILES string of the molecule is CCC=C(C)C(=O)OC(F)(C(F)(F)F)C(F)(F)C(F)(F)C(F)(F)C(F)(F)C(F)(F)C(F)(F)C(F)(C(F)(F)F)C(F)(F)F. The third-order valence-electron chi connectivity index (χ3n) is 5.02. The second kappa shape index (κ2) is 10.4. The Morgan fingerprint density at radius 2 is 0.786 bits per heavy atom. The lowest BCUT2D eigenvalue weighted by atomic mass is 9.83. The van der Waals surface area contributed by atoms with Crippen molar-refractivity contribution in [1.82, 2.24) is 0 Å². The summed E-state index contributed by atoms with van der Waals surface area (Å²) in [6, 6.07) is 0. The Balaban J connectivity index is 7.55. The zero-order chi connectivity index (χ0) is 34.8. The molecule has 250 valence electrons. The Labute approximate surface area is 215 Å². The highest BCUT2D eigenvalue weighted by molar-refractivity contribution is 5.88. The second-order valence-electron chi connectivity index (χ2n) is 7.88. The van der Waals surface area contributed by atoms with Gasteiger partial charge in [-0.25, -0.2) is 9.18 Å². The fourth-order valence-corrected chi connectivity index (χ4v) is 2.62. The Kier molecular flexibility index (Phi) is 9.76. The molecule has 0 aliphatic rings. The van der Waals surface area contributed by atoms with E-state index in [-0.39, 0.29) is 6.92 Å². The monoisotopic (exact) mass is 682 g/mol. The number of hydrogen-bond donors (Lipinski definition) is 0. The van der Waals surface area contributed by atoms with Gasteiger partial charge in [-0.1, -0.05) is 13.0 Å². The molecule has 0 bridgehead atoms. The molecule has 0 N–H and O–H groups in total. The van der Waals surface area contributed by atoms with Crippen molar-refractivity contribution in [3.8, 4) is 0 Å². The maximum absolute atomic E-state index is 14.3. The fraction of sp³-hybridized carbons (Fsp3) is 0.824. The Morgan fingerprint density at radius 3 is 1.05 bits per heavy atom. The minimum Gasteiger partial charge on any atom is -0.411 e. The molecule has 42 heavy (non-hydrogen) atoms. The van der Waals surface area contributed by atoms with Crippen LogP contribution in [0.5, 0.6) is 0 Å². The maximum Gasteiger partial charge on any atom is 0.467 e. The van der Waals surface area contributed by atoms with Gasteiger partial charge in [0.2, 0.25) is 0 Å². The molecule has 0 aromatic rings. The van der Waals surface area contributed by atoms with Crippen LogP contribution in [0.1, 0.15) is 20.3 Å². The Morgan fingerprint density at radius 1 is 0.500 bits per heavy atom. The Bertz CT molecular complexity index is 1020. The Hall–Kier alpha value is -2.40. The van der Waals surface area contributed by atoms with Gasteiger partial charge in [0.1, 0.15) is 0 Å². The number of alkyl halides is 23. The summed E-state index contributed by atoms with van der Waals surface area (Å²) < 4.78 is 309. The quantitative estimate of drug-likeness (QED) is 0.131. The summed E-state index contributed by atoms with van der Waals surface area (Å²) in [4.78, 5) is 11.4. The van der Waals surface area contributed by atoms with E-state index in [2.05, 4.69) is 4.74 Å². The van der Waals surface area contributed by atoms with Gasteiger partial charge in [0.25, 0.3) is 0 Å². The molecule has 25 heteroatoms. The van der Waals surface area contributed by atoms with Crippen molar-refractivity contribution in [2.75, 3.05) is 0 Å². The highest BCUT2D eigenvalue weighted by atomic mass is 19.4. The van der Waals surface area contributed by atoms with Crippen LogP contribution >= 0.6 is 0 Å². The fourth-order valence-electron chi connectivity index (χ4n) is 2.62. The smallest absolute Gasteiger partial charge is 0.411 e. The van der Waals surface area contributed by atoms with Crippen LogP contribution in [-0.4, -0.2) is 71.6 Å². The molecule has 2 nitrogen and oxygen atoms in total. The van der Waals surface area contributed by atoms with Crippen LogP contribution < -0.4 is 0 Å². The molecule has 0 radical (unpaired) electrons. The van der Waals surface area contributed by atoms with E-state index in [0.717, 1.165) is 6.92 Å². The average Bonchev–Trinajstić information content (AvgIpc) is 2.75. The molecular formula is C17H9F23O2. The van der Waals surface area contributed by atoms with Crippen LogP contribution in [0.15, 0.2) is 11.6 Å². The number of halogens is 23. The molecule has 0 spiro atoms. The minimum absolute atomic E-state index is 0.245. The number of allylic oxidation sites excluding steroid dienone is 1. The molecule has 0 fully saturated rings. The van der Waals surface area contributed by atoms with E-state index in [9.17, 15) is 106 Å². The highest BCUT2D eigenvalue weighted by Crippen LogP contribution is 2.67. The van der Waals surface area contributed by atoms with Crippen LogP contribution in [0, 0.1) is 0 Å². The molecule has 1 unspecified atom stereocenters. The van der Waals surface area contributed by atoms with E-state index in [1.54, 1.807) is 0 Å². The molecular weight excluding hydrogens is 673 g/mol. The molecule has 0 aliphatic carbocycles. The summed E-state index contributed by atoms with van der Waals surface area (Å²) in [5.41, 5.74) is -10.5. The van der Waals surface area contributed by atoms with Gasteiger partial charge in [-0.05, 0) is 13.3 Å². The average molecular weight is 682 g/mol. The van der Waals surface area contributed by atoms with E-state index in [1.165, 1.54) is 0 Å². The zero-order valence-electron chi connectivity index (χ0n) is 19.3. The van der Waals surface area contributed by atoms with Gasteiger partial charge >= 0.3 is 71.6 Å². The van der Waals surface area contributed by atoms with Crippen LogP contribution in [0.3, 0.4) is 0 Å². The first-order chi connectivity index (χ1) is 17.9. The minimum atomic E-state index is -9.54. The molecule has 0 rings (SSSR count). The first kappa shape index (κ1) is 39.6. The number of esters is 1. The van der Waals surface area contributed by atoms with Crippen molar-refractivity contribution in [3.63, 3.8) is 0 Å². The standard InChI is InChI=1S/C17H9F23O2/c1-3-4-5(2)6(41)42-14(31,17(38,39)40)13(29,30)12(27,28)11(25,26)10(23,24)9(21,22)8(19,20)7(18,15(32,33)34)16(35,36)37/h4H,3H2,1-2H3. The number of hydrogen-bond acceptors (Lipinski definition) is 2. The van der Waals surface area contributed by atoms with E-state index in [4.69, 9.17) is 0 Å². The van der Waals surface area contributed by atoms with Crippen LogP contribution in [0.4, 0.5) is 101 Å². The highest BCUT2D eigenvalue weighted by Gasteiger charge is 3.00. The van der Waals surface area contributed by atoms with E-state index >= 15 is 0 Å². The van der Waals surface area contributed by atoms with Gasteiger partial charge in [-0.15, -0.1) is 0 Å². The summed E-state index contributed by atoms with van der Waals surface area (Å²) in [5, 5.41) is 0. The number of carbonyl (C=O) groups excluding carboxylic acids is 1. The van der Waals surface area contributed by atoms with Gasteiger partial charge in [0.15, 0.2) is 0 Å². The third-order valence-corrected chi connectivity index (χ3v) is 5.02. The summed E-state index contributed by atoms with van der Waals surface area (Å²) in [6.07, 6.45) is -25.2. The molecule has 0 heterocycles. The molecule has 0 aromatic carbocycles. The van der Waals surface area contributed by atoms with Crippen molar-refractivity contribution < 1.29 is 111 Å². The molecule has 0 aliphatic heterocycles. The second-order valence-corrected chi connectivity index (χ2v) is 7.88. The van der Waals surface area contributed by atoms with Crippen LogP contribution in [-0.2, 0) is 9.53 Å². The van der Waals surface area contributed by atoms with Crippen molar-refractivity contribution in [2.45, 2.75) is 85.9 Å². The topological polar surface area (TPSA) is 26.3 Å². The van der Waals surface area contributed by atoms with Gasteiger partial charge in [-0.2, -0.15) is 96.6 Å². The molecule has 0 saturated heterocycles. The summed E-state index contributed by atoms with van der Waals surface area (Å²) in [6.45, 7) is 1.24. The van der Waals surface area contributed by atoms with Crippen LogP contribution in [0.2, 0.25) is 0 Å². The van der Waals surface area contributed by atoms with E-state index in [0.29, 0.717) is 6.08 Å². The van der Waals surface area contributed by atoms with Gasteiger partial charge in [-0.3, -0.25) is 0 Å². The zero-order valence-corrected chi connectivity index (χ0v) is 19.3. The molecule has 0 saturated carbocycles. The number of ether oxygens (including phenoxy) is 1. The molecule has 0 aromatic heterocycles. The van der Waals surface area contributed by atoms with Gasteiger partial charge < -0.3 is 4.74 Å². The number of rotatable bonds is 10. The van der Waals surface area contributed by atoms with Crippen molar-refractivity contribution in [2.24, 2.45) is 0 Å². The normalized spacial score (nSPS) is 17.7. The molecule has 0 amide bonds. The lowest BCUT2D eigenvalue weighted by Gasteiger charge is -2.46. The predicted octanol–water partition coefficient (Wildman–Crippen LogP) is 8.76. The molecule has 1 atom stereocenters. The summed E-state index contributed by atoms with van der Waals surface area (Å²) >= 11 is 0. The van der Waals surface area contributed by atoms with Crippen molar-refractivity contribution in [3.05, 3.63) is 11.6 Å². The van der Waals surface area contributed by atoms with Gasteiger partial charge in [0.05, 0.1) is 0 Å². The first-order valence-corrected chi connectivity index (χ1v) is 9.61. The number of carbonyl (C=O) groups is 1. The largest absolute Gasteiger partial charge is 0.467 e. The van der Waals surface area contributed by atoms with Crippen molar-refractivity contribution >= 4 is 5.97 Å². The van der Waals surface area contributed by atoms with Crippen molar-refractivity contribution in [1.29, 1.82) is 0 Å². The lowest BCUT2D eigenvalue weighted by Crippen LogP contribution is -2.79. The third kappa shape index (κ3) is 5.08. The summed E-state index contributed by atoms with van der Waals surface area (Å²) in [5.74, 6) is -67.2. The lowest BCUT2D eigenvalue weighted by molar-refractivity contribution is -0.489. The van der Waals surface area contributed by atoms with E-state index < -0.39 is 83.6 Å². The predicted molar refractivity (Wildman–Crippen MR) is 85.7 cm³/mol. The maximum atomic E-state index is 14.3. The van der Waals surface area contributed by atoms with Gasteiger partial charge in [0, 0.05) is 5.57 Å². The first-order valence-electron chi connectivity index (χ1n) is 9.61. The summed E-state index contributed by atoms with van der Waals surface area (Å²) in [7, 11) is 0. The van der Waals surface area contributed by atoms with E-state index in [1.807, 2.05) is 0 Å². The van der Waals surface area contributed by atoms with Crippen LogP contribution in [0.25, 0.3) is 0 Å².